The summed E-state index contributed by atoms with van der Waals surface area (Å²) >= 11 is 0. The molecule has 3 aromatic carbocycles. The average molecular weight is 330 g/mol. The molecule has 0 radical (unpaired) electrons. The van der Waals surface area contributed by atoms with Crippen molar-refractivity contribution in [2.24, 2.45) is 5.92 Å². The predicted octanol–water partition coefficient (Wildman–Crippen LogP) is 5.35. The Morgan fingerprint density at radius 1 is 0.880 bits per heavy atom. The summed E-state index contributed by atoms with van der Waals surface area (Å²) in [6.45, 7) is 3.96. The van der Waals surface area contributed by atoms with Gasteiger partial charge in [0, 0.05) is 17.4 Å². The summed E-state index contributed by atoms with van der Waals surface area (Å²) in [6.07, 6.45) is 0. The molecular weight excluding hydrogens is 308 g/mol. The van der Waals surface area contributed by atoms with Gasteiger partial charge in [0.25, 0.3) is 0 Å². The molecule has 0 bridgehead atoms. The number of carbonyl (C=O) groups excluding carboxylic acids is 1. The lowest BCUT2D eigenvalue weighted by Gasteiger charge is -2.26. The van der Waals surface area contributed by atoms with E-state index in [0.717, 1.165) is 22.3 Å². The minimum atomic E-state index is -0.215. The molecule has 3 aromatic rings. The zero-order valence-corrected chi connectivity index (χ0v) is 14.5. The van der Waals surface area contributed by atoms with Crippen molar-refractivity contribution in [3.05, 3.63) is 101 Å². The quantitative estimate of drug-likeness (QED) is 0.640. The molecule has 0 heterocycles. The number of hydrogen-bond acceptors (Lipinski definition) is 2. The van der Waals surface area contributed by atoms with Gasteiger partial charge < -0.3 is 5.11 Å². The van der Waals surface area contributed by atoms with Crippen LogP contribution in [0.2, 0.25) is 0 Å². The molecule has 126 valence electrons. The largest absolute Gasteiger partial charge is 0.508 e. The van der Waals surface area contributed by atoms with E-state index in [2.05, 4.69) is 12.1 Å². The molecule has 0 aliphatic rings. The van der Waals surface area contributed by atoms with Gasteiger partial charge in [-0.3, -0.25) is 4.79 Å². The number of aryl methyl sites for hydroxylation is 1. The Balaban J connectivity index is 2.07. The average Bonchev–Trinajstić information content (AvgIpc) is 2.64. The molecule has 2 heteroatoms. The fourth-order valence-electron chi connectivity index (χ4n) is 3.42. The first-order valence-electron chi connectivity index (χ1n) is 8.51. The lowest BCUT2D eigenvalue weighted by molar-refractivity contribution is 0.0919. The highest BCUT2D eigenvalue weighted by molar-refractivity contribution is 5.98. The first-order valence-corrected chi connectivity index (χ1v) is 8.51. The summed E-state index contributed by atoms with van der Waals surface area (Å²) in [4.78, 5) is 13.1. The SMILES string of the molecule is Cc1cc(O)ccc1C(c1ccccc1)C(C)C(=O)c1ccccc1. The topological polar surface area (TPSA) is 37.3 Å². The van der Waals surface area contributed by atoms with E-state index < -0.39 is 0 Å². The molecule has 3 rings (SSSR count). The number of carbonyl (C=O) groups is 1. The maximum absolute atomic E-state index is 13.1. The second-order valence-corrected chi connectivity index (χ2v) is 6.45. The Hall–Kier alpha value is -2.87. The third kappa shape index (κ3) is 3.63. The highest BCUT2D eigenvalue weighted by Crippen LogP contribution is 2.36. The molecule has 2 nitrogen and oxygen atoms in total. The van der Waals surface area contributed by atoms with Crippen LogP contribution in [0.5, 0.6) is 5.75 Å². The van der Waals surface area contributed by atoms with E-state index in [1.807, 2.05) is 68.4 Å². The third-order valence-corrected chi connectivity index (χ3v) is 4.72. The van der Waals surface area contributed by atoms with Gasteiger partial charge in [-0.05, 0) is 35.7 Å². The number of phenols is 1. The summed E-state index contributed by atoms with van der Waals surface area (Å²) in [7, 11) is 0. The maximum Gasteiger partial charge on any atom is 0.166 e. The van der Waals surface area contributed by atoms with Crippen molar-refractivity contribution in [3.8, 4) is 5.75 Å². The molecule has 1 N–H and O–H groups in total. The van der Waals surface area contributed by atoms with Gasteiger partial charge in [-0.15, -0.1) is 0 Å². The first kappa shape index (κ1) is 17.0. The van der Waals surface area contributed by atoms with Gasteiger partial charge in [-0.1, -0.05) is 73.7 Å². The second-order valence-electron chi connectivity index (χ2n) is 6.45. The third-order valence-electron chi connectivity index (χ3n) is 4.72. The Bertz CT molecular complexity index is 854. The number of aromatic hydroxyl groups is 1. The van der Waals surface area contributed by atoms with Crippen LogP contribution in [0.3, 0.4) is 0 Å². The predicted molar refractivity (Wildman–Crippen MR) is 101 cm³/mol. The maximum atomic E-state index is 13.1. The van der Waals surface area contributed by atoms with E-state index >= 15 is 0 Å². The molecule has 0 fully saturated rings. The van der Waals surface area contributed by atoms with E-state index in [9.17, 15) is 9.90 Å². The van der Waals surface area contributed by atoms with Crippen LogP contribution in [0.25, 0.3) is 0 Å². The summed E-state index contributed by atoms with van der Waals surface area (Å²) < 4.78 is 0. The van der Waals surface area contributed by atoms with Crippen LogP contribution in [0.15, 0.2) is 78.9 Å². The molecule has 2 unspecified atom stereocenters. The smallest absolute Gasteiger partial charge is 0.166 e. The number of hydrogen-bond donors (Lipinski definition) is 1. The van der Waals surface area contributed by atoms with Crippen LogP contribution in [0, 0.1) is 12.8 Å². The normalized spacial score (nSPS) is 13.2. The van der Waals surface area contributed by atoms with Crippen molar-refractivity contribution in [2.75, 3.05) is 0 Å². The highest BCUT2D eigenvalue weighted by atomic mass is 16.3. The van der Waals surface area contributed by atoms with Crippen LogP contribution in [0.1, 0.15) is 39.9 Å². The molecule has 25 heavy (non-hydrogen) atoms. The van der Waals surface area contributed by atoms with Crippen molar-refractivity contribution in [3.63, 3.8) is 0 Å². The summed E-state index contributed by atoms with van der Waals surface area (Å²) in [5, 5.41) is 9.75. The van der Waals surface area contributed by atoms with Crippen LogP contribution in [0.4, 0.5) is 0 Å². The monoisotopic (exact) mass is 330 g/mol. The van der Waals surface area contributed by atoms with Gasteiger partial charge >= 0.3 is 0 Å². The standard InChI is InChI=1S/C23H22O2/c1-16-15-20(24)13-14-21(16)22(18-9-5-3-6-10-18)17(2)23(25)19-11-7-4-8-12-19/h3-15,17,22,24H,1-2H3. The molecule has 0 saturated carbocycles. The number of rotatable bonds is 5. The summed E-state index contributed by atoms with van der Waals surface area (Å²) in [5.74, 6) is 0.0968. The number of Topliss-reactive ketones (excluding diaryl/α,β-unsaturated/α-hetero) is 1. The molecule has 0 aliphatic carbocycles. The molecule has 0 saturated heterocycles. The van der Waals surface area contributed by atoms with Crippen molar-refractivity contribution < 1.29 is 9.90 Å². The minimum absolute atomic E-state index is 0.0606. The van der Waals surface area contributed by atoms with E-state index in [1.54, 1.807) is 12.1 Å². The zero-order chi connectivity index (χ0) is 17.8. The lowest BCUT2D eigenvalue weighted by atomic mass is 9.77. The van der Waals surface area contributed by atoms with Crippen molar-refractivity contribution in [1.82, 2.24) is 0 Å². The number of benzene rings is 3. The van der Waals surface area contributed by atoms with Crippen molar-refractivity contribution in [2.45, 2.75) is 19.8 Å². The fraction of sp³-hybridized carbons (Fsp3) is 0.174. The van der Waals surface area contributed by atoms with Crippen molar-refractivity contribution in [1.29, 1.82) is 0 Å². The number of phenolic OH excluding ortho intramolecular Hbond substituents is 1. The Kier molecular flexibility index (Phi) is 4.99. The van der Waals surface area contributed by atoms with E-state index in [4.69, 9.17) is 0 Å². The van der Waals surface area contributed by atoms with E-state index in [1.165, 1.54) is 0 Å². The van der Waals surface area contributed by atoms with Crippen molar-refractivity contribution >= 4 is 5.78 Å². The van der Waals surface area contributed by atoms with Gasteiger partial charge in [0.2, 0.25) is 0 Å². The molecule has 0 amide bonds. The molecule has 2 atom stereocenters. The fourth-order valence-corrected chi connectivity index (χ4v) is 3.42. The van der Waals surface area contributed by atoms with Gasteiger partial charge in [-0.25, -0.2) is 0 Å². The van der Waals surface area contributed by atoms with Crippen LogP contribution >= 0.6 is 0 Å². The Morgan fingerprint density at radius 2 is 1.48 bits per heavy atom. The first-order chi connectivity index (χ1) is 12.1. The molecule has 0 aromatic heterocycles. The molecular formula is C23H22O2. The second kappa shape index (κ2) is 7.35. The van der Waals surface area contributed by atoms with E-state index in [-0.39, 0.29) is 23.4 Å². The lowest BCUT2D eigenvalue weighted by Crippen LogP contribution is -2.21. The Labute approximate surface area is 148 Å². The summed E-state index contributed by atoms with van der Waals surface area (Å²) in [5.41, 5.74) is 3.89. The molecule has 0 spiro atoms. The van der Waals surface area contributed by atoms with E-state index in [0.29, 0.717) is 0 Å². The van der Waals surface area contributed by atoms with Crippen LogP contribution < -0.4 is 0 Å². The van der Waals surface area contributed by atoms with Gasteiger partial charge in [-0.2, -0.15) is 0 Å². The Morgan fingerprint density at radius 3 is 2.08 bits per heavy atom. The molecule has 0 aliphatic heterocycles. The van der Waals surface area contributed by atoms with Crippen LogP contribution in [-0.2, 0) is 0 Å². The van der Waals surface area contributed by atoms with Gasteiger partial charge in [0.05, 0.1) is 0 Å². The van der Waals surface area contributed by atoms with Gasteiger partial charge in [0.1, 0.15) is 5.75 Å². The zero-order valence-electron chi connectivity index (χ0n) is 14.5. The van der Waals surface area contributed by atoms with Crippen LogP contribution in [-0.4, -0.2) is 10.9 Å². The highest BCUT2D eigenvalue weighted by Gasteiger charge is 2.28. The minimum Gasteiger partial charge on any atom is -0.508 e. The number of ketones is 1. The summed E-state index contributed by atoms with van der Waals surface area (Å²) in [6, 6.07) is 24.9. The van der Waals surface area contributed by atoms with Gasteiger partial charge in [0.15, 0.2) is 5.78 Å².